The van der Waals surface area contributed by atoms with Crippen LogP contribution in [0.2, 0.25) is 0 Å². The second-order valence-corrected chi connectivity index (χ2v) is 4.38. The first-order valence-electron chi connectivity index (χ1n) is 5.97. The van der Waals surface area contributed by atoms with E-state index in [0.717, 1.165) is 18.7 Å². The van der Waals surface area contributed by atoms with Gasteiger partial charge in [-0.3, -0.25) is 9.78 Å². The van der Waals surface area contributed by atoms with Crippen LogP contribution in [0.4, 0.5) is 5.69 Å². The molecule has 1 heterocycles. The first-order chi connectivity index (χ1) is 8.08. The van der Waals surface area contributed by atoms with Gasteiger partial charge in [-0.2, -0.15) is 0 Å². The number of pyridine rings is 1. The van der Waals surface area contributed by atoms with Gasteiger partial charge in [0.1, 0.15) is 5.69 Å². The van der Waals surface area contributed by atoms with Crippen molar-refractivity contribution in [1.29, 1.82) is 0 Å². The largest absolute Gasteiger partial charge is 0.388 e. The van der Waals surface area contributed by atoms with Gasteiger partial charge in [-0.05, 0) is 18.1 Å². The minimum absolute atomic E-state index is 0.0256. The number of nitrogens with zero attached hydrogens (tertiary/aromatic N) is 2. The number of aromatic nitrogens is 1. The standard InChI is InChI=1S/C13H21N3O/c1-5-10(2)9-16(4)13(17)12-8-11(14-3)6-7-15-12/h6-8,10H,5,9H2,1-4H3,(H,14,15). The lowest BCUT2D eigenvalue weighted by atomic mass is 10.1. The summed E-state index contributed by atoms with van der Waals surface area (Å²) in [4.78, 5) is 17.9. The molecule has 1 atom stereocenters. The fraction of sp³-hybridized carbons (Fsp3) is 0.538. The van der Waals surface area contributed by atoms with E-state index in [1.165, 1.54) is 0 Å². The third-order valence-electron chi connectivity index (χ3n) is 2.90. The lowest BCUT2D eigenvalue weighted by Gasteiger charge is -2.20. The van der Waals surface area contributed by atoms with E-state index in [1.54, 1.807) is 17.2 Å². The van der Waals surface area contributed by atoms with Crippen molar-refractivity contribution < 1.29 is 4.79 Å². The second-order valence-electron chi connectivity index (χ2n) is 4.38. The Morgan fingerprint density at radius 1 is 1.59 bits per heavy atom. The molecule has 4 nitrogen and oxygen atoms in total. The highest BCUT2D eigenvalue weighted by atomic mass is 16.2. The molecular formula is C13H21N3O. The van der Waals surface area contributed by atoms with Gasteiger partial charge in [0, 0.05) is 32.5 Å². The van der Waals surface area contributed by atoms with Gasteiger partial charge in [0.05, 0.1) is 0 Å². The topological polar surface area (TPSA) is 45.2 Å². The van der Waals surface area contributed by atoms with Crippen LogP contribution in [0.25, 0.3) is 0 Å². The molecule has 1 aromatic heterocycles. The van der Waals surface area contributed by atoms with Gasteiger partial charge in [0.25, 0.3) is 5.91 Å². The van der Waals surface area contributed by atoms with Crippen molar-refractivity contribution >= 4 is 11.6 Å². The summed E-state index contributed by atoms with van der Waals surface area (Å²) in [6.07, 6.45) is 2.72. The van der Waals surface area contributed by atoms with Crippen molar-refractivity contribution in [2.75, 3.05) is 26.0 Å². The van der Waals surface area contributed by atoms with Crippen LogP contribution in [-0.2, 0) is 0 Å². The molecule has 1 unspecified atom stereocenters. The fourth-order valence-electron chi connectivity index (χ4n) is 1.58. The maximum atomic E-state index is 12.1. The molecule has 0 fully saturated rings. The van der Waals surface area contributed by atoms with E-state index in [1.807, 2.05) is 20.2 Å². The number of rotatable bonds is 5. The SMILES string of the molecule is CCC(C)CN(C)C(=O)c1cc(NC)ccn1. The lowest BCUT2D eigenvalue weighted by molar-refractivity contribution is 0.0769. The molecule has 0 aromatic carbocycles. The molecule has 17 heavy (non-hydrogen) atoms. The van der Waals surface area contributed by atoms with Gasteiger partial charge < -0.3 is 10.2 Å². The van der Waals surface area contributed by atoms with Crippen LogP contribution in [0.1, 0.15) is 30.8 Å². The van der Waals surface area contributed by atoms with Crippen molar-refractivity contribution in [3.63, 3.8) is 0 Å². The zero-order valence-electron chi connectivity index (χ0n) is 11.0. The van der Waals surface area contributed by atoms with Crippen LogP contribution in [-0.4, -0.2) is 36.4 Å². The predicted molar refractivity (Wildman–Crippen MR) is 70.2 cm³/mol. The average Bonchev–Trinajstić information content (AvgIpc) is 2.37. The molecule has 0 aliphatic carbocycles. The molecule has 0 aliphatic heterocycles. The molecule has 4 heteroatoms. The summed E-state index contributed by atoms with van der Waals surface area (Å²) in [5.41, 5.74) is 1.39. The molecule has 0 bridgehead atoms. The molecule has 1 aromatic rings. The van der Waals surface area contributed by atoms with Crippen LogP contribution < -0.4 is 5.32 Å². The van der Waals surface area contributed by atoms with Crippen LogP contribution >= 0.6 is 0 Å². The van der Waals surface area contributed by atoms with Crippen molar-refractivity contribution in [1.82, 2.24) is 9.88 Å². The quantitative estimate of drug-likeness (QED) is 0.851. The van der Waals surface area contributed by atoms with Gasteiger partial charge >= 0.3 is 0 Å². The van der Waals surface area contributed by atoms with Crippen LogP contribution in [0, 0.1) is 5.92 Å². The molecule has 0 aliphatic rings. The Balaban J connectivity index is 2.74. The van der Waals surface area contributed by atoms with Gasteiger partial charge in [0.2, 0.25) is 0 Å². The van der Waals surface area contributed by atoms with Crippen molar-refractivity contribution in [3.05, 3.63) is 24.0 Å². The van der Waals surface area contributed by atoms with Crippen molar-refractivity contribution in [2.24, 2.45) is 5.92 Å². The number of amides is 1. The van der Waals surface area contributed by atoms with Gasteiger partial charge in [-0.15, -0.1) is 0 Å². The molecule has 1 rings (SSSR count). The zero-order chi connectivity index (χ0) is 12.8. The Labute approximate surface area is 103 Å². The molecule has 1 amide bonds. The van der Waals surface area contributed by atoms with Gasteiger partial charge in [-0.1, -0.05) is 20.3 Å². The maximum absolute atomic E-state index is 12.1. The summed E-state index contributed by atoms with van der Waals surface area (Å²) in [6.45, 7) is 5.03. The summed E-state index contributed by atoms with van der Waals surface area (Å²) < 4.78 is 0. The monoisotopic (exact) mass is 235 g/mol. The second kappa shape index (κ2) is 6.23. The number of carbonyl (C=O) groups is 1. The van der Waals surface area contributed by atoms with E-state index < -0.39 is 0 Å². The molecule has 0 saturated carbocycles. The van der Waals surface area contributed by atoms with Crippen LogP contribution in [0.5, 0.6) is 0 Å². The van der Waals surface area contributed by atoms with E-state index in [-0.39, 0.29) is 5.91 Å². The minimum Gasteiger partial charge on any atom is -0.388 e. The van der Waals surface area contributed by atoms with Gasteiger partial charge in [0.15, 0.2) is 0 Å². The highest BCUT2D eigenvalue weighted by Crippen LogP contribution is 2.10. The maximum Gasteiger partial charge on any atom is 0.272 e. The molecular weight excluding hydrogens is 214 g/mol. The lowest BCUT2D eigenvalue weighted by Crippen LogP contribution is -2.31. The molecule has 1 N–H and O–H groups in total. The Morgan fingerprint density at radius 3 is 2.88 bits per heavy atom. The molecule has 0 saturated heterocycles. The molecule has 0 spiro atoms. The Hall–Kier alpha value is -1.58. The minimum atomic E-state index is -0.0256. The number of hydrogen-bond acceptors (Lipinski definition) is 3. The smallest absolute Gasteiger partial charge is 0.272 e. The third-order valence-corrected chi connectivity index (χ3v) is 2.90. The summed E-state index contributed by atoms with van der Waals surface area (Å²) >= 11 is 0. The Kier molecular flexibility index (Phi) is 4.94. The number of hydrogen-bond donors (Lipinski definition) is 1. The highest BCUT2D eigenvalue weighted by molar-refractivity contribution is 5.92. The predicted octanol–water partition coefficient (Wildman–Crippen LogP) is 2.24. The van der Waals surface area contributed by atoms with E-state index in [2.05, 4.69) is 24.1 Å². The Bertz CT molecular complexity index is 379. The molecule has 0 radical (unpaired) electrons. The average molecular weight is 235 g/mol. The van der Waals surface area contributed by atoms with E-state index in [0.29, 0.717) is 11.6 Å². The normalized spacial score (nSPS) is 12.0. The van der Waals surface area contributed by atoms with Gasteiger partial charge in [-0.25, -0.2) is 0 Å². The summed E-state index contributed by atoms with van der Waals surface area (Å²) in [5, 5.41) is 3.00. The summed E-state index contributed by atoms with van der Waals surface area (Å²) in [6, 6.07) is 3.61. The van der Waals surface area contributed by atoms with E-state index >= 15 is 0 Å². The zero-order valence-corrected chi connectivity index (χ0v) is 11.0. The fourth-order valence-corrected chi connectivity index (χ4v) is 1.58. The summed E-state index contributed by atoms with van der Waals surface area (Å²) in [5.74, 6) is 0.485. The first kappa shape index (κ1) is 13.5. The number of anilines is 1. The van der Waals surface area contributed by atoms with Crippen LogP contribution in [0.3, 0.4) is 0 Å². The molecule has 94 valence electrons. The van der Waals surface area contributed by atoms with Crippen molar-refractivity contribution in [2.45, 2.75) is 20.3 Å². The van der Waals surface area contributed by atoms with E-state index in [9.17, 15) is 4.79 Å². The number of nitrogens with one attached hydrogen (secondary N) is 1. The first-order valence-corrected chi connectivity index (χ1v) is 5.97. The third kappa shape index (κ3) is 3.73. The highest BCUT2D eigenvalue weighted by Gasteiger charge is 2.15. The van der Waals surface area contributed by atoms with Crippen molar-refractivity contribution in [3.8, 4) is 0 Å². The Morgan fingerprint density at radius 2 is 2.29 bits per heavy atom. The number of carbonyl (C=O) groups excluding carboxylic acids is 1. The van der Waals surface area contributed by atoms with E-state index in [4.69, 9.17) is 0 Å². The summed E-state index contributed by atoms with van der Waals surface area (Å²) in [7, 11) is 3.65. The van der Waals surface area contributed by atoms with Crippen LogP contribution in [0.15, 0.2) is 18.3 Å².